The number of amides is 2. The summed E-state index contributed by atoms with van der Waals surface area (Å²) in [6, 6.07) is 5.63. The molecule has 1 N–H and O–H groups in total. The molecule has 2 amide bonds. The number of benzene rings is 1. The van der Waals surface area contributed by atoms with Crippen molar-refractivity contribution < 1.29 is 19.1 Å². The molecular formula is C27H30ClN5O4. The van der Waals surface area contributed by atoms with Gasteiger partial charge in [-0.05, 0) is 48.6 Å². The molecule has 4 heterocycles. The van der Waals surface area contributed by atoms with E-state index in [0.29, 0.717) is 23.1 Å². The summed E-state index contributed by atoms with van der Waals surface area (Å²) in [6.45, 7) is 10.3. The third-order valence-corrected chi connectivity index (χ3v) is 8.19. The fraction of sp³-hybridized carbons (Fsp3) is 0.481. The minimum atomic E-state index is -0.231. The van der Waals surface area contributed by atoms with Gasteiger partial charge in [-0.15, -0.1) is 0 Å². The number of ether oxygens (including phenoxy) is 2. The van der Waals surface area contributed by atoms with Crippen LogP contribution in [0.25, 0.3) is 16.8 Å². The van der Waals surface area contributed by atoms with Crippen molar-refractivity contribution in [2.24, 2.45) is 17.3 Å². The summed E-state index contributed by atoms with van der Waals surface area (Å²) in [5.74, 6) is 0.104. The molecule has 10 heteroatoms. The van der Waals surface area contributed by atoms with Gasteiger partial charge in [0.05, 0.1) is 30.5 Å². The van der Waals surface area contributed by atoms with Crippen molar-refractivity contribution >= 4 is 28.9 Å². The molecule has 2 aliphatic heterocycles. The first kappa shape index (κ1) is 24.3. The third kappa shape index (κ3) is 4.00. The summed E-state index contributed by atoms with van der Waals surface area (Å²) in [6.07, 6.45) is 3.04. The quantitative estimate of drug-likeness (QED) is 0.495. The topological polar surface area (TPSA) is 98.1 Å². The Kier molecular flexibility index (Phi) is 5.78. The summed E-state index contributed by atoms with van der Waals surface area (Å²) >= 11 is 6.48. The van der Waals surface area contributed by atoms with Crippen LogP contribution in [0.3, 0.4) is 0 Å². The molecule has 0 spiro atoms. The number of aryl methyl sites for hydroxylation is 1. The molecule has 37 heavy (non-hydrogen) atoms. The van der Waals surface area contributed by atoms with Crippen LogP contribution >= 0.6 is 11.6 Å². The van der Waals surface area contributed by atoms with Gasteiger partial charge in [0, 0.05) is 29.9 Å². The van der Waals surface area contributed by atoms with E-state index in [9.17, 15) is 9.59 Å². The standard InChI is InChI=1S/C27H30ClN5O4/c1-14-7-17(28)9-18(24(14)37-15(2)20-10-29-5-6-36-20)23-19-8-16(12-33(19)31-13-30-23)11-32-25(34)21-22(26(32)35)27(21,3)4/h7-9,12-13,15,20-22,29H,5-6,10-11H2,1-4H3/t15?,20-,21?,22?/m0/s1. The lowest BCUT2D eigenvalue weighted by Crippen LogP contribution is -2.46. The number of morpholine rings is 1. The van der Waals surface area contributed by atoms with Gasteiger partial charge in [0.2, 0.25) is 11.8 Å². The fourth-order valence-electron chi connectivity index (χ4n) is 5.83. The monoisotopic (exact) mass is 523 g/mol. The zero-order valence-electron chi connectivity index (χ0n) is 21.3. The van der Waals surface area contributed by atoms with Gasteiger partial charge >= 0.3 is 0 Å². The zero-order valence-corrected chi connectivity index (χ0v) is 22.1. The van der Waals surface area contributed by atoms with E-state index < -0.39 is 0 Å². The molecule has 0 radical (unpaired) electrons. The first-order valence-electron chi connectivity index (χ1n) is 12.6. The van der Waals surface area contributed by atoms with E-state index >= 15 is 0 Å². The molecule has 2 saturated heterocycles. The summed E-state index contributed by atoms with van der Waals surface area (Å²) in [5, 5.41) is 8.28. The van der Waals surface area contributed by atoms with Crippen molar-refractivity contribution in [1.29, 1.82) is 0 Å². The van der Waals surface area contributed by atoms with Crippen LogP contribution < -0.4 is 10.1 Å². The molecule has 0 bridgehead atoms. The number of rotatable bonds is 6. The first-order valence-corrected chi connectivity index (χ1v) is 13.0. The molecule has 1 aromatic carbocycles. The van der Waals surface area contributed by atoms with E-state index in [1.54, 1.807) is 4.52 Å². The number of nitrogens with one attached hydrogen (secondary N) is 1. The number of likely N-dealkylation sites (tertiary alicyclic amines) is 1. The molecule has 6 rings (SSSR count). The Bertz CT molecular complexity index is 1390. The SMILES string of the molecule is Cc1cc(Cl)cc(-c2ncnn3cc(CN4C(=O)C5C(C4=O)C5(C)C)cc23)c1OC(C)[C@@H]1CNCCO1. The Hall–Kier alpha value is -3.01. The Morgan fingerprint density at radius 2 is 2.00 bits per heavy atom. The third-order valence-electron chi connectivity index (χ3n) is 7.97. The van der Waals surface area contributed by atoms with Crippen LogP contribution in [0.4, 0.5) is 0 Å². The van der Waals surface area contributed by atoms with Crippen LogP contribution in [0.1, 0.15) is 31.9 Å². The Morgan fingerprint density at radius 1 is 1.24 bits per heavy atom. The molecule has 1 aliphatic carbocycles. The van der Waals surface area contributed by atoms with Gasteiger partial charge in [-0.2, -0.15) is 5.10 Å². The maximum atomic E-state index is 12.9. The highest BCUT2D eigenvalue weighted by Gasteiger charge is 2.72. The highest BCUT2D eigenvalue weighted by atomic mass is 35.5. The molecular weight excluding hydrogens is 494 g/mol. The van der Waals surface area contributed by atoms with Gasteiger partial charge < -0.3 is 14.8 Å². The van der Waals surface area contributed by atoms with Crippen molar-refractivity contribution in [3.8, 4) is 17.0 Å². The van der Waals surface area contributed by atoms with Gasteiger partial charge in [0.1, 0.15) is 30.0 Å². The normalized spacial score (nSPS) is 25.4. The van der Waals surface area contributed by atoms with Crippen LogP contribution in [-0.2, 0) is 20.9 Å². The molecule has 3 aliphatic rings. The molecule has 3 fully saturated rings. The number of imide groups is 1. The summed E-state index contributed by atoms with van der Waals surface area (Å²) in [4.78, 5) is 31.7. The largest absolute Gasteiger partial charge is 0.487 e. The van der Waals surface area contributed by atoms with Crippen LogP contribution in [0.15, 0.2) is 30.7 Å². The van der Waals surface area contributed by atoms with Crippen LogP contribution in [0.2, 0.25) is 5.02 Å². The number of carbonyl (C=O) groups is 2. The van der Waals surface area contributed by atoms with Gasteiger partial charge in [0.25, 0.3) is 0 Å². The molecule has 3 unspecified atom stereocenters. The van der Waals surface area contributed by atoms with Crippen LogP contribution in [-0.4, -0.2) is 63.2 Å². The maximum absolute atomic E-state index is 12.9. The number of hydrogen-bond donors (Lipinski definition) is 1. The number of nitrogens with zero attached hydrogens (tertiary/aromatic N) is 4. The maximum Gasteiger partial charge on any atom is 0.233 e. The molecule has 1 saturated carbocycles. The predicted octanol–water partition coefficient (Wildman–Crippen LogP) is 3.25. The number of piperidine rings is 1. The van der Waals surface area contributed by atoms with Gasteiger partial charge in [-0.3, -0.25) is 14.5 Å². The van der Waals surface area contributed by atoms with Crippen molar-refractivity contribution in [3.05, 3.63) is 46.9 Å². The summed E-state index contributed by atoms with van der Waals surface area (Å²) in [5.41, 5.74) is 3.59. The van der Waals surface area contributed by atoms with E-state index in [4.69, 9.17) is 21.1 Å². The van der Waals surface area contributed by atoms with E-state index in [-0.39, 0.29) is 47.8 Å². The summed E-state index contributed by atoms with van der Waals surface area (Å²) in [7, 11) is 0. The van der Waals surface area contributed by atoms with Crippen molar-refractivity contribution in [1.82, 2.24) is 24.8 Å². The zero-order chi connectivity index (χ0) is 26.1. The van der Waals surface area contributed by atoms with Crippen LogP contribution in [0.5, 0.6) is 5.75 Å². The lowest BCUT2D eigenvalue weighted by atomic mass is 10.0. The number of aromatic nitrogens is 3. The summed E-state index contributed by atoms with van der Waals surface area (Å²) < 4.78 is 14.1. The number of hydrogen-bond acceptors (Lipinski definition) is 7. The second-order valence-electron chi connectivity index (χ2n) is 10.9. The molecule has 4 atom stereocenters. The highest BCUT2D eigenvalue weighted by Crippen LogP contribution is 2.63. The lowest BCUT2D eigenvalue weighted by Gasteiger charge is -2.30. The van der Waals surface area contributed by atoms with E-state index in [2.05, 4.69) is 15.4 Å². The molecule has 3 aromatic rings. The highest BCUT2D eigenvalue weighted by molar-refractivity contribution is 6.31. The Morgan fingerprint density at radius 3 is 2.70 bits per heavy atom. The number of halogens is 1. The predicted molar refractivity (Wildman–Crippen MR) is 137 cm³/mol. The van der Waals surface area contributed by atoms with E-state index in [0.717, 1.165) is 35.3 Å². The van der Waals surface area contributed by atoms with E-state index in [1.807, 2.05) is 52.1 Å². The smallest absolute Gasteiger partial charge is 0.233 e. The minimum absolute atomic E-state index is 0.0753. The van der Waals surface area contributed by atoms with Gasteiger partial charge in [-0.25, -0.2) is 9.50 Å². The molecule has 194 valence electrons. The Balaban J connectivity index is 1.33. The molecule has 9 nitrogen and oxygen atoms in total. The first-order chi connectivity index (χ1) is 17.7. The van der Waals surface area contributed by atoms with Crippen molar-refractivity contribution in [2.45, 2.75) is 46.4 Å². The Labute approximate surface area is 220 Å². The van der Waals surface area contributed by atoms with Crippen LogP contribution in [0, 0.1) is 24.2 Å². The average Bonchev–Trinajstić information content (AvgIpc) is 3.11. The van der Waals surface area contributed by atoms with Gasteiger partial charge in [0.15, 0.2) is 0 Å². The lowest BCUT2D eigenvalue weighted by molar-refractivity contribution is -0.143. The van der Waals surface area contributed by atoms with Crippen molar-refractivity contribution in [3.63, 3.8) is 0 Å². The second-order valence-corrected chi connectivity index (χ2v) is 11.3. The van der Waals surface area contributed by atoms with Gasteiger partial charge in [-0.1, -0.05) is 25.4 Å². The van der Waals surface area contributed by atoms with Crippen molar-refractivity contribution in [2.75, 3.05) is 19.7 Å². The minimum Gasteiger partial charge on any atom is -0.487 e. The number of fused-ring (bicyclic) bond motifs is 2. The average molecular weight is 524 g/mol. The molecule has 2 aromatic heterocycles. The van der Waals surface area contributed by atoms with E-state index in [1.165, 1.54) is 11.2 Å². The second kappa shape index (κ2) is 8.79. The number of carbonyl (C=O) groups excluding carboxylic acids is 2. The fourth-order valence-corrected chi connectivity index (χ4v) is 6.10.